The van der Waals surface area contributed by atoms with Crippen molar-refractivity contribution in [2.75, 3.05) is 5.32 Å². The molecule has 0 bridgehead atoms. The number of amides is 1. The van der Waals surface area contributed by atoms with Crippen molar-refractivity contribution in [2.24, 2.45) is 0 Å². The van der Waals surface area contributed by atoms with Crippen molar-refractivity contribution < 1.29 is 24.0 Å². The number of carbonyl (C=O) groups is 2. The van der Waals surface area contributed by atoms with Gasteiger partial charge in [-0.05, 0) is 48.9 Å². The van der Waals surface area contributed by atoms with E-state index in [2.05, 4.69) is 10.5 Å². The summed E-state index contributed by atoms with van der Waals surface area (Å²) in [5.74, 6) is -0.285. The Kier molecular flexibility index (Phi) is 6.06. The summed E-state index contributed by atoms with van der Waals surface area (Å²) in [4.78, 5) is 24.2. The minimum Gasteiger partial charge on any atom is -0.481 e. The molecule has 7 nitrogen and oxygen atoms in total. The van der Waals surface area contributed by atoms with Crippen LogP contribution in [0, 0.1) is 6.92 Å². The lowest BCUT2D eigenvalue weighted by molar-refractivity contribution is -0.140. The minimum absolute atomic E-state index is 0.411. The van der Waals surface area contributed by atoms with Crippen LogP contribution in [0.1, 0.15) is 42.8 Å². The topological polar surface area (TPSA) is 102 Å². The summed E-state index contributed by atoms with van der Waals surface area (Å²) in [6.07, 6.45) is 0.363. The molecular formula is C29H26N2O5. The number of ether oxygens (including phenoxy) is 1. The van der Waals surface area contributed by atoms with E-state index in [1.54, 1.807) is 6.92 Å². The Balaban J connectivity index is 1.30. The Bertz CT molecular complexity index is 1390. The van der Waals surface area contributed by atoms with Gasteiger partial charge < -0.3 is 14.4 Å². The molecular weight excluding hydrogens is 456 g/mol. The second kappa shape index (κ2) is 9.34. The van der Waals surface area contributed by atoms with E-state index in [-0.39, 0.29) is 0 Å². The quantitative estimate of drug-likeness (QED) is 0.302. The number of hydrogen-bond acceptors (Lipinski definition) is 5. The van der Waals surface area contributed by atoms with Gasteiger partial charge in [0.1, 0.15) is 17.5 Å². The highest BCUT2D eigenvalue weighted by Gasteiger charge is 2.51. The number of rotatable bonds is 7. The van der Waals surface area contributed by atoms with Crippen molar-refractivity contribution >= 4 is 17.7 Å². The molecule has 1 amide bonds. The van der Waals surface area contributed by atoms with Gasteiger partial charge in [-0.25, -0.2) is 4.79 Å². The molecule has 0 spiro atoms. The molecule has 0 aliphatic heterocycles. The van der Waals surface area contributed by atoms with Crippen LogP contribution in [0.15, 0.2) is 83.4 Å². The summed E-state index contributed by atoms with van der Waals surface area (Å²) >= 11 is 0. The molecule has 1 aromatic heterocycles. The summed E-state index contributed by atoms with van der Waals surface area (Å²) in [6.45, 7) is 3.54. The molecule has 0 radical (unpaired) electrons. The number of anilines is 1. The van der Waals surface area contributed by atoms with E-state index in [1.165, 1.54) is 0 Å². The Morgan fingerprint density at radius 3 is 2.11 bits per heavy atom. The highest BCUT2D eigenvalue weighted by atomic mass is 16.6. The monoisotopic (exact) mass is 482 g/mol. The lowest BCUT2D eigenvalue weighted by atomic mass is 9.93. The van der Waals surface area contributed by atoms with Crippen LogP contribution < -0.4 is 5.32 Å². The maximum absolute atomic E-state index is 12.6. The molecule has 7 heteroatoms. The maximum Gasteiger partial charge on any atom is 0.412 e. The van der Waals surface area contributed by atoms with Crippen molar-refractivity contribution in [3.05, 3.63) is 95.7 Å². The number of carboxylic acids is 1. The fourth-order valence-corrected chi connectivity index (χ4v) is 4.35. The van der Waals surface area contributed by atoms with Crippen LogP contribution in [-0.4, -0.2) is 22.3 Å². The number of hydrogen-bond donors (Lipinski definition) is 2. The number of nitrogens with one attached hydrogen (secondary N) is 1. The third kappa shape index (κ3) is 4.47. The fourth-order valence-electron chi connectivity index (χ4n) is 4.35. The number of aromatic nitrogens is 1. The zero-order valence-corrected chi connectivity index (χ0v) is 20.0. The average Bonchev–Trinajstić information content (AvgIpc) is 3.64. The lowest BCUT2D eigenvalue weighted by Gasteiger charge is -2.14. The van der Waals surface area contributed by atoms with Crippen LogP contribution in [0.2, 0.25) is 0 Å². The largest absolute Gasteiger partial charge is 0.481 e. The first kappa shape index (κ1) is 23.4. The van der Waals surface area contributed by atoms with Gasteiger partial charge in [-0.2, -0.15) is 0 Å². The molecule has 3 aromatic carbocycles. The van der Waals surface area contributed by atoms with Crippen LogP contribution in [0.3, 0.4) is 0 Å². The highest BCUT2D eigenvalue weighted by Crippen LogP contribution is 2.48. The highest BCUT2D eigenvalue weighted by molar-refractivity contribution is 5.91. The van der Waals surface area contributed by atoms with E-state index >= 15 is 0 Å². The Morgan fingerprint density at radius 2 is 1.53 bits per heavy atom. The van der Waals surface area contributed by atoms with Gasteiger partial charge >= 0.3 is 12.1 Å². The van der Waals surface area contributed by atoms with Gasteiger partial charge in [-0.3, -0.25) is 10.1 Å². The smallest absolute Gasteiger partial charge is 0.412 e. The minimum atomic E-state index is -0.759. The van der Waals surface area contributed by atoms with Gasteiger partial charge in [0.25, 0.3) is 0 Å². The first-order valence-corrected chi connectivity index (χ1v) is 11.8. The third-order valence-electron chi connectivity index (χ3n) is 6.73. The Morgan fingerprint density at radius 1 is 0.944 bits per heavy atom. The number of carboxylic acid groups (broad SMARTS) is 1. The van der Waals surface area contributed by atoms with Crippen molar-refractivity contribution in [3.63, 3.8) is 0 Å². The van der Waals surface area contributed by atoms with E-state index < -0.39 is 23.6 Å². The second-order valence-corrected chi connectivity index (χ2v) is 9.09. The third-order valence-corrected chi connectivity index (χ3v) is 6.73. The van der Waals surface area contributed by atoms with E-state index in [4.69, 9.17) is 9.26 Å². The summed E-state index contributed by atoms with van der Waals surface area (Å²) in [5, 5.41) is 16.4. The van der Waals surface area contributed by atoms with Gasteiger partial charge in [-0.1, -0.05) is 84.0 Å². The van der Waals surface area contributed by atoms with Crippen molar-refractivity contribution in [1.82, 2.24) is 5.16 Å². The van der Waals surface area contributed by atoms with E-state index in [9.17, 15) is 14.7 Å². The predicted molar refractivity (Wildman–Crippen MR) is 136 cm³/mol. The standard InChI is InChI=1S/C29H26N2O5/c1-18(20-6-4-3-5-7-20)35-28(34)30-25-19(2)36-31-26(25)23-10-8-21(9-11-23)22-12-14-24(15-13-22)29(16-17-29)27(32)33/h3-15,18H,16-17H2,1-2H3,(H,30,34)(H,32,33)/t18-/m1/s1. The van der Waals surface area contributed by atoms with Crippen LogP contribution in [0.5, 0.6) is 0 Å². The number of aliphatic carboxylic acids is 1. The zero-order valence-electron chi connectivity index (χ0n) is 20.0. The molecule has 1 fully saturated rings. The second-order valence-electron chi connectivity index (χ2n) is 9.09. The molecule has 1 saturated carbocycles. The average molecular weight is 483 g/mol. The first-order chi connectivity index (χ1) is 17.4. The summed E-state index contributed by atoms with van der Waals surface area (Å²) in [6, 6.07) is 24.9. The van der Waals surface area contributed by atoms with Crippen LogP contribution >= 0.6 is 0 Å². The molecule has 4 aromatic rings. The zero-order chi connectivity index (χ0) is 25.3. The summed E-state index contributed by atoms with van der Waals surface area (Å²) in [5.41, 5.74) is 4.75. The molecule has 5 rings (SSSR count). The lowest BCUT2D eigenvalue weighted by Crippen LogP contribution is -2.19. The normalized spacial score (nSPS) is 14.6. The molecule has 0 unspecified atom stereocenters. The van der Waals surface area contributed by atoms with Crippen LogP contribution in [-0.2, 0) is 14.9 Å². The maximum atomic E-state index is 12.6. The van der Waals surface area contributed by atoms with Gasteiger partial charge in [0, 0.05) is 5.56 Å². The number of nitrogens with zero attached hydrogens (tertiary/aromatic N) is 1. The number of carbonyl (C=O) groups excluding carboxylic acids is 1. The molecule has 36 heavy (non-hydrogen) atoms. The predicted octanol–water partition coefficient (Wildman–Crippen LogP) is 6.74. The Labute approximate surface area is 208 Å². The van der Waals surface area contributed by atoms with Gasteiger partial charge in [-0.15, -0.1) is 0 Å². The number of aryl methyl sites for hydroxylation is 1. The molecule has 1 atom stereocenters. The van der Waals surface area contributed by atoms with Crippen LogP contribution in [0.4, 0.5) is 10.5 Å². The summed E-state index contributed by atoms with van der Waals surface area (Å²) in [7, 11) is 0. The van der Waals surface area contributed by atoms with Gasteiger partial charge in [0.15, 0.2) is 5.76 Å². The van der Waals surface area contributed by atoms with Crippen molar-refractivity contribution in [1.29, 1.82) is 0 Å². The molecule has 1 heterocycles. The molecule has 1 aliphatic carbocycles. The van der Waals surface area contributed by atoms with Gasteiger partial charge in [0.2, 0.25) is 0 Å². The van der Waals surface area contributed by atoms with E-state index in [0.717, 1.165) is 27.8 Å². The fraction of sp³-hybridized carbons (Fsp3) is 0.207. The molecule has 1 aliphatic rings. The van der Waals surface area contributed by atoms with E-state index in [1.807, 2.05) is 85.8 Å². The molecule has 2 N–H and O–H groups in total. The van der Waals surface area contributed by atoms with Crippen LogP contribution in [0.25, 0.3) is 22.4 Å². The first-order valence-electron chi connectivity index (χ1n) is 11.8. The molecule has 182 valence electrons. The Hall–Kier alpha value is -4.39. The summed E-state index contributed by atoms with van der Waals surface area (Å²) < 4.78 is 10.9. The van der Waals surface area contributed by atoms with Crippen molar-refractivity contribution in [3.8, 4) is 22.4 Å². The van der Waals surface area contributed by atoms with Crippen molar-refractivity contribution in [2.45, 2.75) is 38.2 Å². The molecule has 0 saturated heterocycles. The van der Waals surface area contributed by atoms with E-state index in [0.29, 0.717) is 30.0 Å². The number of benzene rings is 3. The SMILES string of the molecule is Cc1onc(-c2ccc(-c3ccc(C4(C(=O)O)CC4)cc3)cc2)c1NC(=O)O[C@H](C)c1ccccc1. The van der Waals surface area contributed by atoms with Gasteiger partial charge in [0.05, 0.1) is 5.41 Å².